The molecule has 0 aliphatic carbocycles. The summed E-state index contributed by atoms with van der Waals surface area (Å²) in [6, 6.07) is 1.76. The fourth-order valence-electron chi connectivity index (χ4n) is 1.49. The summed E-state index contributed by atoms with van der Waals surface area (Å²) in [5.41, 5.74) is 1.38. The number of nitrogens with zero attached hydrogens (tertiary/aromatic N) is 3. The van der Waals surface area contributed by atoms with E-state index in [2.05, 4.69) is 15.0 Å². The molecule has 1 amide bonds. The molecule has 1 atom stereocenters. The van der Waals surface area contributed by atoms with Crippen LogP contribution in [0.1, 0.15) is 6.92 Å². The smallest absolute Gasteiger partial charge is 0.235 e. The van der Waals surface area contributed by atoms with E-state index in [1.807, 2.05) is 6.92 Å². The lowest BCUT2D eigenvalue weighted by molar-refractivity contribution is -0.127. The van der Waals surface area contributed by atoms with Crippen molar-refractivity contribution in [3.8, 4) is 0 Å². The summed E-state index contributed by atoms with van der Waals surface area (Å²) in [7, 11) is 3.47. The fraction of sp³-hybridized carbons (Fsp3) is 0.364. The molecule has 2 aromatic rings. The SMILES string of the molecule is C[C@H](Sc1nc2ncc(Cl)cc2[nH]1)C(=O)N(C)C. The van der Waals surface area contributed by atoms with Crippen molar-refractivity contribution in [3.63, 3.8) is 0 Å². The maximum absolute atomic E-state index is 11.7. The zero-order valence-electron chi connectivity index (χ0n) is 10.3. The molecule has 5 nitrogen and oxygen atoms in total. The van der Waals surface area contributed by atoms with Crippen LogP contribution in [0.5, 0.6) is 0 Å². The topological polar surface area (TPSA) is 61.9 Å². The van der Waals surface area contributed by atoms with Gasteiger partial charge in [0.2, 0.25) is 5.91 Å². The summed E-state index contributed by atoms with van der Waals surface area (Å²) in [6.07, 6.45) is 1.55. The van der Waals surface area contributed by atoms with Gasteiger partial charge in [-0.1, -0.05) is 23.4 Å². The van der Waals surface area contributed by atoms with Gasteiger partial charge >= 0.3 is 0 Å². The predicted octanol–water partition coefficient (Wildman–Crippen LogP) is 2.18. The molecule has 7 heteroatoms. The number of halogens is 1. The second-order valence-electron chi connectivity index (χ2n) is 4.06. The molecule has 0 spiro atoms. The van der Waals surface area contributed by atoms with Crippen molar-refractivity contribution < 1.29 is 4.79 Å². The van der Waals surface area contributed by atoms with E-state index in [0.29, 0.717) is 15.8 Å². The van der Waals surface area contributed by atoms with E-state index >= 15 is 0 Å². The van der Waals surface area contributed by atoms with Crippen LogP contribution in [0.25, 0.3) is 11.2 Å². The Kier molecular flexibility index (Phi) is 3.77. The number of carbonyl (C=O) groups is 1. The van der Waals surface area contributed by atoms with Crippen LogP contribution in [-0.4, -0.2) is 45.1 Å². The highest BCUT2D eigenvalue weighted by Crippen LogP contribution is 2.24. The highest BCUT2D eigenvalue weighted by molar-refractivity contribution is 8.00. The van der Waals surface area contributed by atoms with Gasteiger partial charge in [0.1, 0.15) is 0 Å². The number of hydrogen-bond donors (Lipinski definition) is 1. The van der Waals surface area contributed by atoms with Crippen molar-refractivity contribution in [1.29, 1.82) is 0 Å². The monoisotopic (exact) mass is 284 g/mol. The number of hydrogen-bond acceptors (Lipinski definition) is 4. The molecule has 2 heterocycles. The Hall–Kier alpha value is -1.27. The minimum absolute atomic E-state index is 0.0476. The summed E-state index contributed by atoms with van der Waals surface area (Å²) in [4.78, 5) is 24.8. The number of carbonyl (C=O) groups excluding carboxylic acids is 1. The minimum Gasteiger partial charge on any atom is -0.348 e. The maximum atomic E-state index is 11.7. The third kappa shape index (κ3) is 2.76. The highest BCUT2D eigenvalue weighted by Gasteiger charge is 2.18. The van der Waals surface area contributed by atoms with Crippen molar-refractivity contribution in [2.24, 2.45) is 0 Å². The average molecular weight is 285 g/mol. The fourth-order valence-corrected chi connectivity index (χ4v) is 2.60. The Bertz CT molecular complexity index is 583. The first kappa shape index (κ1) is 13.2. The van der Waals surface area contributed by atoms with Crippen molar-refractivity contribution in [2.45, 2.75) is 17.3 Å². The van der Waals surface area contributed by atoms with E-state index in [9.17, 15) is 4.79 Å². The van der Waals surface area contributed by atoms with Gasteiger partial charge in [0.05, 0.1) is 15.8 Å². The number of imidazole rings is 1. The lowest BCUT2D eigenvalue weighted by Gasteiger charge is -2.14. The molecule has 2 rings (SSSR count). The number of nitrogens with one attached hydrogen (secondary N) is 1. The molecule has 0 saturated heterocycles. The number of H-pyrrole nitrogens is 1. The summed E-state index contributed by atoms with van der Waals surface area (Å²) < 4.78 is 0. The highest BCUT2D eigenvalue weighted by atomic mass is 35.5. The van der Waals surface area contributed by atoms with E-state index in [1.165, 1.54) is 11.8 Å². The van der Waals surface area contributed by atoms with E-state index in [-0.39, 0.29) is 11.2 Å². The Morgan fingerprint density at radius 1 is 1.56 bits per heavy atom. The summed E-state index contributed by atoms with van der Waals surface area (Å²) in [6.45, 7) is 1.85. The number of fused-ring (bicyclic) bond motifs is 1. The number of aromatic amines is 1. The number of rotatable bonds is 3. The summed E-state index contributed by atoms with van der Waals surface area (Å²) >= 11 is 7.22. The molecule has 96 valence electrons. The van der Waals surface area contributed by atoms with E-state index in [0.717, 1.165) is 5.52 Å². The van der Waals surface area contributed by atoms with Crippen molar-refractivity contribution in [2.75, 3.05) is 14.1 Å². The zero-order chi connectivity index (χ0) is 13.3. The lowest BCUT2D eigenvalue weighted by atomic mass is 10.4. The van der Waals surface area contributed by atoms with Crippen LogP contribution in [-0.2, 0) is 4.79 Å². The normalized spacial score (nSPS) is 12.7. The van der Waals surface area contributed by atoms with Crippen LogP contribution in [0.3, 0.4) is 0 Å². The summed E-state index contributed by atoms with van der Waals surface area (Å²) in [5.74, 6) is 0.0476. The van der Waals surface area contributed by atoms with Crippen molar-refractivity contribution in [3.05, 3.63) is 17.3 Å². The van der Waals surface area contributed by atoms with Gasteiger partial charge in [0.25, 0.3) is 0 Å². The molecule has 0 bridgehead atoms. The Morgan fingerprint density at radius 2 is 2.28 bits per heavy atom. The molecule has 1 N–H and O–H groups in total. The second kappa shape index (κ2) is 5.16. The molecule has 2 aromatic heterocycles. The Labute approximate surface area is 114 Å². The molecule has 0 radical (unpaired) electrons. The quantitative estimate of drug-likeness (QED) is 0.878. The zero-order valence-corrected chi connectivity index (χ0v) is 11.8. The Morgan fingerprint density at radius 3 is 2.94 bits per heavy atom. The van der Waals surface area contributed by atoms with E-state index in [1.54, 1.807) is 31.3 Å². The van der Waals surface area contributed by atoms with Gasteiger partial charge < -0.3 is 9.88 Å². The van der Waals surface area contributed by atoms with E-state index in [4.69, 9.17) is 11.6 Å². The van der Waals surface area contributed by atoms with Gasteiger partial charge in [-0.25, -0.2) is 9.97 Å². The molecule has 0 aliphatic heterocycles. The number of aromatic nitrogens is 3. The van der Waals surface area contributed by atoms with Gasteiger partial charge in [-0.15, -0.1) is 0 Å². The number of amides is 1. The van der Waals surface area contributed by atoms with Gasteiger partial charge in [-0.05, 0) is 13.0 Å². The maximum Gasteiger partial charge on any atom is 0.235 e. The summed E-state index contributed by atoms with van der Waals surface area (Å²) in [5, 5.41) is 1.03. The molecular weight excluding hydrogens is 272 g/mol. The van der Waals surface area contributed by atoms with Crippen LogP contribution >= 0.6 is 23.4 Å². The van der Waals surface area contributed by atoms with Crippen molar-refractivity contribution in [1.82, 2.24) is 19.9 Å². The Balaban J connectivity index is 2.19. The van der Waals surface area contributed by atoms with E-state index < -0.39 is 0 Å². The van der Waals surface area contributed by atoms with Crippen molar-refractivity contribution >= 4 is 40.4 Å². The number of thioether (sulfide) groups is 1. The molecule has 0 aromatic carbocycles. The largest absolute Gasteiger partial charge is 0.348 e. The molecule has 0 fully saturated rings. The van der Waals surface area contributed by atoms with Gasteiger partial charge in [0.15, 0.2) is 10.8 Å². The third-order valence-electron chi connectivity index (χ3n) is 2.36. The van der Waals surface area contributed by atoms with Crippen LogP contribution in [0.4, 0.5) is 0 Å². The van der Waals surface area contributed by atoms with Gasteiger partial charge in [-0.2, -0.15) is 0 Å². The molecular formula is C11H13ClN4OS. The van der Waals surface area contributed by atoms with Gasteiger partial charge in [-0.3, -0.25) is 4.79 Å². The third-order valence-corrected chi connectivity index (χ3v) is 3.54. The standard InChI is InChI=1S/C11H13ClN4OS/c1-6(10(17)16(2)3)18-11-14-8-4-7(12)5-13-9(8)15-11/h4-6H,1-3H3,(H,13,14,15)/t6-/m0/s1. The first-order chi connectivity index (χ1) is 8.47. The second-order valence-corrected chi connectivity index (χ2v) is 5.83. The van der Waals surface area contributed by atoms with Crippen LogP contribution in [0.15, 0.2) is 17.4 Å². The predicted molar refractivity (Wildman–Crippen MR) is 72.9 cm³/mol. The lowest BCUT2D eigenvalue weighted by Crippen LogP contribution is -2.29. The average Bonchev–Trinajstić information content (AvgIpc) is 2.68. The molecule has 0 aliphatic rings. The number of pyridine rings is 1. The molecule has 18 heavy (non-hydrogen) atoms. The first-order valence-corrected chi connectivity index (χ1v) is 6.62. The first-order valence-electron chi connectivity index (χ1n) is 5.36. The van der Waals surface area contributed by atoms with Crippen LogP contribution < -0.4 is 0 Å². The van der Waals surface area contributed by atoms with Crippen LogP contribution in [0, 0.1) is 0 Å². The van der Waals surface area contributed by atoms with Crippen LogP contribution in [0.2, 0.25) is 5.02 Å². The molecule has 0 unspecified atom stereocenters. The molecule has 0 saturated carbocycles. The minimum atomic E-state index is -0.198. The van der Waals surface area contributed by atoms with Gasteiger partial charge in [0, 0.05) is 20.3 Å².